The van der Waals surface area contributed by atoms with E-state index in [1.165, 1.54) is 4.90 Å². The van der Waals surface area contributed by atoms with Crippen molar-refractivity contribution in [3.05, 3.63) is 125 Å². The summed E-state index contributed by atoms with van der Waals surface area (Å²) >= 11 is 0. The Morgan fingerprint density at radius 2 is 1.32 bits per heavy atom. The van der Waals surface area contributed by atoms with Crippen LogP contribution in [0, 0.1) is 0 Å². The van der Waals surface area contributed by atoms with Crippen LogP contribution in [0.1, 0.15) is 28.3 Å². The Morgan fingerprint density at radius 1 is 0.723 bits per heavy atom. The van der Waals surface area contributed by atoms with Crippen LogP contribution in [0.15, 0.2) is 103 Å². The molecule has 0 aliphatic carbocycles. The first-order valence-corrected chi connectivity index (χ1v) is 16.9. The number of nitrogens with zero attached hydrogens (tertiary/aromatic N) is 2. The van der Waals surface area contributed by atoms with Crippen molar-refractivity contribution in [1.29, 1.82) is 0 Å². The van der Waals surface area contributed by atoms with E-state index in [1.807, 2.05) is 48.5 Å². The van der Waals surface area contributed by atoms with Crippen LogP contribution in [0.3, 0.4) is 0 Å². The number of ether oxygens (including phenoxy) is 3. The SMILES string of the molecule is COc1ccc(CN(C(=O)CN(Cc2ccccc2)S(C)(=O)=O)C(C(=O)NCCc2ccc(OC)c(OC)c2)c2ccccc2)cc1. The lowest BCUT2D eigenvalue weighted by atomic mass is 10.0. The predicted octanol–water partition coefficient (Wildman–Crippen LogP) is 4.60. The van der Waals surface area contributed by atoms with Gasteiger partial charge in [0.05, 0.1) is 34.1 Å². The molecule has 47 heavy (non-hydrogen) atoms. The summed E-state index contributed by atoms with van der Waals surface area (Å²) in [5, 5.41) is 3.00. The molecule has 11 heteroatoms. The first kappa shape index (κ1) is 35.0. The van der Waals surface area contributed by atoms with E-state index in [9.17, 15) is 18.0 Å². The molecule has 0 bridgehead atoms. The van der Waals surface area contributed by atoms with Crippen LogP contribution in [0.25, 0.3) is 0 Å². The van der Waals surface area contributed by atoms with E-state index < -0.39 is 34.4 Å². The molecule has 4 rings (SSSR count). The highest BCUT2D eigenvalue weighted by atomic mass is 32.2. The molecule has 248 valence electrons. The van der Waals surface area contributed by atoms with E-state index >= 15 is 0 Å². The van der Waals surface area contributed by atoms with E-state index in [-0.39, 0.29) is 19.6 Å². The third-order valence-electron chi connectivity index (χ3n) is 7.65. The summed E-state index contributed by atoms with van der Waals surface area (Å²) in [6.45, 7) is -0.110. The zero-order valence-corrected chi connectivity index (χ0v) is 27.9. The summed E-state index contributed by atoms with van der Waals surface area (Å²) in [6.07, 6.45) is 1.57. The van der Waals surface area contributed by atoms with Crippen LogP contribution >= 0.6 is 0 Å². The minimum atomic E-state index is -3.79. The molecular weight excluding hydrogens is 618 g/mol. The third kappa shape index (κ3) is 9.81. The van der Waals surface area contributed by atoms with Crippen molar-refractivity contribution in [2.75, 3.05) is 40.7 Å². The Balaban J connectivity index is 1.65. The highest BCUT2D eigenvalue weighted by Crippen LogP contribution is 2.28. The molecule has 0 fully saturated rings. The molecule has 0 aromatic heterocycles. The summed E-state index contributed by atoms with van der Waals surface area (Å²) in [7, 11) is 0.904. The Hall–Kier alpha value is -4.87. The second kappa shape index (κ2) is 16.6. The Morgan fingerprint density at radius 3 is 1.91 bits per heavy atom. The maximum Gasteiger partial charge on any atom is 0.247 e. The number of sulfonamides is 1. The number of hydrogen-bond acceptors (Lipinski definition) is 7. The van der Waals surface area contributed by atoms with Crippen molar-refractivity contribution in [2.45, 2.75) is 25.6 Å². The van der Waals surface area contributed by atoms with Crippen molar-refractivity contribution < 1.29 is 32.2 Å². The molecule has 4 aromatic rings. The van der Waals surface area contributed by atoms with Gasteiger partial charge >= 0.3 is 0 Å². The summed E-state index contributed by atoms with van der Waals surface area (Å²) in [5.74, 6) is 0.914. The Bertz CT molecular complexity index is 1720. The number of carbonyl (C=O) groups is 2. The van der Waals surface area contributed by atoms with Gasteiger partial charge in [0.15, 0.2) is 11.5 Å². The summed E-state index contributed by atoms with van der Waals surface area (Å²) < 4.78 is 43.0. The van der Waals surface area contributed by atoms with Gasteiger partial charge in [-0.2, -0.15) is 4.31 Å². The van der Waals surface area contributed by atoms with Gasteiger partial charge < -0.3 is 24.4 Å². The van der Waals surface area contributed by atoms with Crippen molar-refractivity contribution in [2.24, 2.45) is 0 Å². The molecule has 0 spiro atoms. The topological polar surface area (TPSA) is 114 Å². The zero-order valence-electron chi connectivity index (χ0n) is 27.1. The van der Waals surface area contributed by atoms with Crippen LogP contribution in [0.4, 0.5) is 0 Å². The fourth-order valence-electron chi connectivity index (χ4n) is 5.14. The molecule has 0 saturated carbocycles. The normalized spacial score (nSPS) is 11.9. The van der Waals surface area contributed by atoms with Gasteiger partial charge in [0.2, 0.25) is 21.8 Å². The fraction of sp³-hybridized carbons (Fsp3) is 0.278. The van der Waals surface area contributed by atoms with Crippen LogP contribution in [0.5, 0.6) is 17.2 Å². The van der Waals surface area contributed by atoms with Crippen molar-refractivity contribution >= 4 is 21.8 Å². The lowest BCUT2D eigenvalue weighted by molar-refractivity contribution is -0.141. The number of carbonyl (C=O) groups excluding carboxylic acids is 2. The molecule has 0 radical (unpaired) electrons. The minimum absolute atomic E-state index is 0.00924. The van der Waals surface area contributed by atoms with E-state index in [1.54, 1.807) is 75.9 Å². The van der Waals surface area contributed by atoms with Gasteiger partial charge in [0.1, 0.15) is 11.8 Å². The average molecular weight is 660 g/mol. The predicted molar refractivity (Wildman–Crippen MR) is 181 cm³/mol. The minimum Gasteiger partial charge on any atom is -0.497 e. The summed E-state index contributed by atoms with van der Waals surface area (Å²) in [5.41, 5.74) is 2.99. The quantitative estimate of drug-likeness (QED) is 0.187. The molecule has 1 N–H and O–H groups in total. The average Bonchev–Trinajstić information content (AvgIpc) is 3.08. The van der Waals surface area contributed by atoms with Crippen LogP contribution in [-0.4, -0.2) is 70.1 Å². The first-order valence-electron chi connectivity index (χ1n) is 15.1. The Labute approximate surface area is 276 Å². The second-order valence-corrected chi connectivity index (χ2v) is 12.9. The van der Waals surface area contributed by atoms with E-state index in [0.29, 0.717) is 29.2 Å². The molecule has 0 aliphatic heterocycles. The maximum atomic E-state index is 14.3. The van der Waals surface area contributed by atoms with Gasteiger partial charge in [-0.25, -0.2) is 8.42 Å². The van der Waals surface area contributed by atoms with E-state index in [0.717, 1.165) is 27.3 Å². The largest absolute Gasteiger partial charge is 0.497 e. The number of benzene rings is 4. The number of methoxy groups -OCH3 is 3. The Kier molecular flexibility index (Phi) is 12.4. The van der Waals surface area contributed by atoms with E-state index in [4.69, 9.17) is 14.2 Å². The molecule has 10 nitrogen and oxygen atoms in total. The maximum absolute atomic E-state index is 14.3. The van der Waals surface area contributed by atoms with Gasteiger partial charge in [-0.15, -0.1) is 0 Å². The monoisotopic (exact) mass is 659 g/mol. The van der Waals surface area contributed by atoms with Gasteiger partial charge in [-0.1, -0.05) is 78.9 Å². The fourth-order valence-corrected chi connectivity index (χ4v) is 5.87. The smallest absolute Gasteiger partial charge is 0.247 e. The number of rotatable bonds is 16. The first-order chi connectivity index (χ1) is 22.6. The standard InChI is InChI=1S/C36H41N3O7S/c1-44-31-18-15-29(16-19-31)25-39(34(40)26-38(47(4,42)43)24-28-11-7-5-8-12-28)35(30-13-9-6-10-14-30)36(41)37-22-21-27-17-20-32(45-2)33(23-27)46-3/h5-20,23,35H,21-22,24-26H2,1-4H3,(H,37,41). The molecular formula is C36H41N3O7S. The van der Waals surface area contributed by atoms with Crippen LogP contribution in [0.2, 0.25) is 0 Å². The summed E-state index contributed by atoms with van der Waals surface area (Å²) in [4.78, 5) is 29.8. The zero-order chi connectivity index (χ0) is 33.8. The lowest BCUT2D eigenvalue weighted by Gasteiger charge is -2.33. The second-order valence-electron chi connectivity index (χ2n) is 10.9. The van der Waals surface area contributed by atoms with Gasteiger partial charge in [0, 0.05) is 19.6 Å². The molecule has 0 heterocycles. The molecule has 0 saturated heterocycles. The molecule has 2 amide bonds. The lowest BCUT2D eigenvalue weighted by Crippen LogP contribution is -2.48. The number of nitrogens with one attached hydrogen (secondary N) is 1. The molecule has 4 aromatic carbocycles. The third-order valence-corrected chi connectivity index (χ3v) is 8.85. The highest BCUT2D eigenvalue weighted by Gasteiger charge is 2.33. The van der Waals surface area contributed by atoms with E-state index in [2.05, 4.69) is 5.32 Å². The van der Waals surface area contributed by atoms with Crippen LogP contribution < -0.4 is 19.5 Å². The number of amides is 2. The van der Waals surface area contributed by atoms with Crippen molar-refractivity contribution in [3.8, 4) is 17.2 Å². The van der Waals surface area contributed by atoms with Crippen molar-refractivity contribution in [1.82, 2.24) is 14.5 Å². The van der Waals surface area contributed by atoms with Gasteiger partial charge in [0.25, 0.3) is 0 Å². The van der Waals surface area contributed by atoms with Crippen molar-refractivity contribution in [3.63, 3.8) is 0 Å². The molecule has 1 atom stereocenters. The van der Waals surface area contributed by atoms with Gasteiger partial charge in [-0.3, -0.25) is 9.59 Å². The van der Waals surface area contributed by atoms with Crippen LogP contribution in [-0.2, 0) is 39.1 Å². The van der Waals surface area contributed by atoms with Gasteiger partial charge in [-0.05, 0) is 52.9 Å². The molecule has 0 aliphatic rings. The number of hydrogen-bond donors (Lipinski definition) is 1. The molecule has 1 unspecified atom stereocenters. The summed E-state index contributed by atoms with van der Waals surface area (Å²) in [6, 6.07) is 29.7. The highest BCUT2D eigenvalue weighted by molar-refractivity contribution is 7.88.